The second-order valence-electron chi connectivity index (χ2n) is 3.73. The molecule has 7 heteroatoms. The van der Waals surface area contributed by atoms with Crippen LogP contribution in [0.25, 0.3) is 0 Å². The van der Waals surface area contributed by atoms with E-state index in [-0.39, 0.29) is 5.76 Å². The molecule has 0 aliphatic heterocycles. The van der Waals surface area contributed by atoms with Crippen molar-refractivity contribution >= 4 is 40.8 Å². The number of esters is 1. The van der Waals surface area contributed by atoms with Crippen LogP contribution in [0.15, 0.2) is 41.0 Å². The van der Waals surface area contributed by atoms with Gasteiger partial charge in [0.1, 0.15) is 0 Å². The molecule has 0 saturated heterocycles. The molecule has 1 N–H and O–H groups in total. The number of furan rings is 1. The van der Waals surface area contributed by atoms with Gasteiger partial charge in [0.15, 0.2) is 6.61 Å². The Morgan fingerprint density at radius 1 is 1.25 bits per heavy atom. The Kier molecular flexibility index (Phi) is 4.65. The molecule has 0 atom stereocenters. The Morgan fingerprint density at radius 2 is 2.05 bits per heavy atom. The van der Waals surface area contributed by atoms with Crippen LogP contribution in [0.4, 0.5) is 5.69 Å². The largest absolute Gasteiger partial charge is 0.457 e. The van der Waals surface area contributed by atoms with Crippen LogP contribution in [0.2, 0.25) is 10.0 Å². The van der Waals surface area contributed by atoms with Gasteiger partial charge in [-0.3, -0.25) is 4.79 Å². The van der Waals surface area contributed by atoms with Crippen molar-refractivity contribution < 1.29 is 18.7 Å². The highest BCUT2D eigenvalue weighted by atomic mass is 35.5. The van der Waals surface area contributed by atoms with Crippen molar-refractivity contribution in [2.24, 2.45) is 0 Å². The van der Waals surface area contributed by atoms with Gasteiger partial charge in [0.2, 0.25) is 5.76 Å². The molecule has 0 aliphatic rings. The van der Waals surface area contributed by atoms with E-state index in [9.17, 15) is 9.59 Å². The lowest BCUT2D eigenvalue weighted by Crippen LogP contribution is -2.20. The van der Waals surface area contributed by atoms with E-state index >= 15 is 0 Å². The zero-order valence-electron chi connectivity index (χ0n) is 10.1. The molecule has 2 rings (SSSR count). The van der Waals surface area contributed by atoms with Gasteiger partial charge >= 0.3 is 5.97 Å². The zero-order chi connectivity index (χ0) is 14.5. The Morgan fingerprint density at radius 3 is 2.75 bits per heavy atom. The first-order chi connectivity index (χ1) is 9.56. The van der Waals surface area contributed by atoms with Crippen LogP contribution in [0.5, 0.6) is 0 Å². The van der Waals surface area contributed by atoms with Crippen LogP contribution >= 0.6 is 23.2 Å². The number of rotatable bonds is 4. The van der Waals surface area contributed by atoms with E-state index in [4.69, 9.17) is 32.4 Å². The van der Waals surface area contributed by atoms with Gasteiger partial charge in [-0.05, 0) is 30.3 Å². The minimum Gasteiger partial charge on any atom is -0.457 e. The molecule has 1 aromatic carbocycles. The average molecular weight is 314 g/mol. The van der Waals surface area contributed by atoms with E-state index in [0.717, 1.165) is 0 Å². The third-order valence-electron chi connectivity index (χ3n) is 2.26. The quantitative estimate of drug-likeness (QED) is 0.878. The van der Waals surface area contributed by atoms with E-state index in [1.54, 1.807) is 18.2 Å². The summed E-state index contributed by atoms with van der Waals surface area (Å²) >= 11 is 11.7. The molecule has 0 spiro atoms. The van der Waals surface area contributed by atoms with Crippen molar-refractivity contribution in [1.82, 2.24) is 0 Å². The van der Waals surface area contributed by atoms with Crippen molar-refractivity contribution in [2.75, 3.05) is 11.9 Å². The molecule has 1 amide bonds. The van der Waals surface area contributed by atoms with Crippen molar-refractivity contribution in [3.8, 4) is 0 Å². The van der Waals surface area contributed by atoms with E-state index in [2.05, 4.69) is 5.32 Å². The molecule has 0 bridgehead atoms. The molecular formula is C13H9Cl2NO4. The molecular weight excluding hydrogens is 305 g/mol. The summed E-state index contributed by atoms with van der Waals surface area (Å²) in [5.74, 6) is -1.23. The summed E-state index contributed by atoms with van der Waals surface area (Å²) in [4.78, 5) is 23.1. The van der Waals surface area contributed by atoms with Crippen molar-refractivity contribution in [3.05, 3.63) is 52.4 Å². The predicted octanol–water partition coefficient (Wildman–Crippen LogP) is 3.38. The lowest BCUT2D eigenvalue weighted by Gasteiger charge is -2.07. The predicted molar refractivity (Wildman–Crippen MR) is 74.1 cm³/mol. The van der Waals surface area contributed by atoms with Crippen LogP contribution in [0.3, 0.4) is 0 Å². The molecule has 104 valence electrons. The first-order valence-corrected chi connectivity index (χ1v) is 6.27. The van der Waals surface area contributed by atoms with Gasteiger partial charge in [-0.15, -0.1) is 0 Å². The fourth-order valence-corrected chi connectivity index (χ4v) is 1.71. The molecule has 20 heavy (non-hydrogen) atoms. The monoisotopic (exact) mass is 313 g/mol. The molecule has 2 aromatic rings. The minimum atomic E-state index is -0.720. The highest BCUT2D eigenvalue weighted by Gasteiger charge is 2.13. The first kappa shape index (κ1) is 14.4. The molecule has 0 radical (unpaired) electrons. The van der Waals surface area contributed by atoms with E-state index in [1.165, 1.54) is 18.4 Å². The lowest BCUT2D eigenvalue weighted by molar-refractivity contribution is -0.119. The second kappa shape index (κ2) is 6.45. The van der Waals surface area contributed by atoms with Crippen molar-refractivity contribution in [2.45, 2.75) is 0 Å². The van der Waals surface area contributed by atoms with Gasteiger partial charge in [-0.1, -0.05) is 23.2 Å². The van der Waals surface area contributed by atoms with E-state index in [0.29, 0.717) is 15.7 Å². The molecule has 0 unspecified atom stereocenters. The number of anilines is 1. The third-order valence-corrected chi connectivity index (χ3v) is 2.82. The van der Waals surface area contributed by atoms with Gasteiger partial charge < -0.3 is 14.5 Å². The summed E-state index contributed by atoms with van der Waals surface area (Å²) in [7, 11) is 0. The number of carbonyl (C=O) groups excluding carboxylic acids is 2. The molecule has 5 nitrogen and oxygen atoms in total. The van der Waals surface area contributed by atoms with Gasteiger partial charge in [-0.25, -0.2) is 4.79 Å². The van der Waals surface area contributed by atoms with Gasteiger partial charge in [-0.2, -0.15) is 0 Å². The standard InChI is InChI=1S/C13H9Cl2NO4/c14-8-3-4-9(15)10(6-8)16-12(17)7-20-13(18)11-2-1-5-19-11/h1-6H,7H2,(H,16,17). The smallest absolute Gasteiger partial charge is 0.374 e. The number of hydrogen-bond donors (Lipinski definition) is 1. The Labute approximate surface area is 124 Å². The number of amides is 1. The zero-order valence-corrected chi connectivity index (χ0v) is 11.6. The van der Waals surface area contributed by atoms with Gasteiger partial charge in [0, 0.05) is 5.02 Å². The van der Waals surface area contributed by atoms with Gasteiger partial charge in [0.05, 0.1) is 17.0 Å². The number of nitrogens with one attached hydrogen (secondary N) is 1. The van der Waals surface area contributed by atoms with E-state index in [1.807, 2.05) is 0 Å². The van der Waals surface area contributed by atoms with Crippen LogP contribution in [-0.2, 0) is 9.53 Å². The Bertz CT molecular complexity index is 625. The van der Waals surface area contributed by atoms with Gasteiger partial charge in [0.25, 0.3) is 5.91 Å². The molecule has 0 aliphatic carbocycles. The summed E-state index contributed by atoms with van der Waals surface area (Å²) in [6, 6.07) is 7.62. The van der Waals surface area contributed by atoms with Crippen LogP contribution in [0, 0.1) is 0 Å². The summed E-state index contributed by atoms with van der Waals surface area (Å²) < 4.78 is 9.61. The first-order valence-electron chi connectivity index (χ1n) is 5.52. The fraction of sp³-hybridized carbons (Fsp3) is 0.0769. The summed E-state index contributed by atoms with van der Waals surface area (Å²) in [5.41, 5.74) is 0.346. The molecule has 0 fully saturated rings. The van der Waals surface area contributed by atoms with Crippen LogP contribution in [-0.4, -0.2) is 18.5 Å². The molecule has 1 heterocycles. The Hall–Kier alpha value is -1.98. The minimum absolute atomic E-state index is 0.0265. The molecule has 0 saturated carbocycles. The maximum atomic E-state index is 11.6. The third kappa shape index (κ3) is 3.76. The highest BCUT2D eigenvalue weighted by Crippen LogP contribution is 2.25. The lowest BCUT2D eigenvalue weighted by atomic mass is 10.3. The van der Waals surface area contributed by atoms with Crippen molar-refractivity contribution in [3.63, 3.8) is 0 Å². The second-order valence-corrected chi connectivity index (χ2v) is 4.57. The topological polar surface area (TPSA) is 68.5 Å². The number of halogens is 2. The number of carbonyl (C=O) groups is 2. The number of benzene rings is 1. The molecule has 1 aromatic heterocycles. The summed E-state index contributed by atoms with van der Waals surface area (Å²) in [6.45, 7) is -0.456. The normalized spacial score (nSPS) is 10.1. The average Bonchev–Trinajstić information content (AvgIpc) is 2.94. The van der Waals surface area contributed by atoms with E-state index < -0.39 is 18.5 Å². The fourth-order valence-electron chi connectivity index (χ4n) is 1.38. The summed E-state index contributed by atoms with van der Waals surface area (Å²) in [5, 5.41) is 3.25. The summed E-state index contributed by atoms with van der Waals surface area (Å²) in [6.07, 6.45) is 1.34. The maximum absolute atomic E-state index is 11.6. The highest BCUT2D eigenvalue weighted by molar-refractivity contribution is 6.35. The Balaban J connectivity index is 1.90. The SMILES string of the molecule is O=C(COC(=O)c1ccco1)Nc1cc(Cl)ccc1Cl. The number of hydrogen-bond acceptors (Lipinski definition) is 4. The van der Waals surface area contributed by atoms with Crippen LogP contribution < -0.4 is 5.32 Å². The van der Waals surface area contributed by atoms with Crippen LogP contribution in [0.1, 0.15) is 10.6 Å². The number of ether oxygens (including phenoxy) is 1. The maximum Gasteiger partial charge on any atom is 0.374 e. The van der Waals surface area contributed by atoms with Crippen molar-refractivity contribution in [1.29, 1.82) is 0 Å².